The molecule has 0 aromatic heterocycles. The second kappa shape index (κ2) is 8.29. The number of rotatable bonds is 8. The predicted molar refractivity (Wildman–Crippen MR) is 80.3 cm³/mol. The summed E-state index contributed by atoms with van der Waals surface area (Å²) in [7, 11) is 0. The number of amides is 1. The minimum atomic E-state index is -1.02. The van der Waals surface area contributed by atoms with Gasteiger partial charge in [-0.1, -0.05) is 32.0 Å². The first-order chi connectivity index (χ1) is 9.99. The van der Waals surface area contributed by atoms with Gasteiger partial charge < -0.3 is 14.7 Å². The first kappa shape index (κ1) is 17.0. The molecule has 0 radical (unpaired) electrons. The van der Waals surface area contributed by atoms with Crippen LogP contribution in [0.5, 0.6) is 5.75 Å². The number of ether oxygens (including phenoxy) is 1. The molecule has 0 fully saturated rings. The minimum Gasteiger partial charge on any atom is -0.481 e. The number of carbonyl (C=O) groups is 2. The molecule has 5 nitrogen and oxygen atoms in total. The molecule has 1 aromatic carbocycles. The van der Waals surface area contributed by atoms with Crippen molar-refractivity contribution in [1.82, 2.24) is 4.90 Å². The zero-order valence-corrected chi connectivity index (χ0v) is 12.8. The van der Waals surface area contributed by atoms with Crippen LogP contribution >= 0.6 is 0 Å². The molecule has 116 valence electrons. The van der Waals surface area contributed by atoms with Crippen LogP contribution in [-0.2, 0) is 9.59 Å². The van der Waals surface area contributed by atoms with Crippen molar-refractivity contribution in [2.75, 3.05) is 6.54 Å². The van der Waals surface area contributed by atoms with E-state index in [1.807, 2.05) is 39.0 Å². The molecule has 5 heteroatoms. The Kier molecular flexibility index (Phi) is 6.72. The average molecular weight is 293 g/mol. The Morgan fingerprint density at radius 2 is 1.81 bits per heavy atom. The highest BCUT2D eigenvalue weighted by Gasteiger charge is 2.29. The van der Waals surface area contributed by atoms with E-state index in [9.17, 15) is 9.59 Å². The van der Waals surface area contributed by atoms with Crippen LogP contribution in [0, 0.1) is 0 Å². The number of hydrogen-bond donors (Lipinski definition) is 1. The maximum atomic E-state index is 12.6. The number of benzene rings is 1. The van der Waals surface area contributed by atoms with Crippen molar-refractivity contribution in [3.8, 4) is 5.75 Å². The number of nitrogens with zero attached hydrogens (tertiary/aromatic N) is 1. The van der Waals surface area contributed by atoms with Gasteiger partial charge in [0.05, 0.1) is 0 Å². The van der Waals surface area contributed by atoms with E-state index in [2.05, 4.69) is 0 Å². The Morgan fingerprint density at radius 1 is 1.19 bits per heavy atom. The number of carboxylic acid groups (broad SMARTS) is 1. The van der Waals surface area contributed by atoms with Crippen LogP contribution < -0.4 is 4.74 Å². The number of carbonyl (C=O) groups excluding carboxylic acids is 1. The Balaban J connectivity index is 2.85. The monoisotopic (exact) mass is 293 g/mol. The first-order valence-corrected chi connectivity index (χ1v) is 7.23. The van der Waals surface area contributed by atoms with Crippen molar-refractivity contribution < 1.29 is 19.4 Å². The second-order valence-corrected chi connectivity index (χ2v) is 4.94. The Hall–Kier alpha value is -2.04. The van der Waals surface area contributed by atoms with Gasteiger partial charge in [0, 0.05) is 6.04 Å². The molecule has 1 N–H and O–H groups in total. The standard InChI is InChI=1S/C16H23NO4/c1-4-12(3)17(11-15(18)19)16(20)14(5-2)21-13-9-7-6-8-10-13/h6-10,12,14H,4-5,11H2,1-3H3,(H,18,19). The second-order valence-electron chi connectivity index (χ2n) is 4.94. The van der Waals surface area contributed by atoms with Crippen molar-refractivity contribution in [1.29, 1.82) is 0 Å². The smallest absolute Gasteiger partial charge is 0.323 e. The van der Waals surface area contributed by atoms with Gasteiger partial charge in [-0.3, -0.25) is 9.59 Å². The maximum Gasteiger partial charge on any atom is 0.323 e. The SMILES string of the molecule is CCC(Oc1ccccc1)C(=O)N(CC(=O)O)C(C)CC. The number of para-hydroxylation sites is 1. The van der Waals surface area contributed by atoms with Gasteiger partial charge >= 0.3 is 5.97 Å². The number of carboxylic acids is 1. The van der Waals surface area contributed by atoms with E-state index in [0.29, 0.717) is 18.6 Å². The van der Waals surface area contributed by atoms with Gasteiger partial charge in [0.1, 0.15) is 12.3 Å². The largest absolute Gasteiger partial charge is 0.481 e. The van der Waals surface area contributed by atoms with Gasteiger partial charge in [-0.15, -0.1) is 0 Å². The molecule has 0 saturated carbocycles. The summed E-state index contributed by atoms with van der Waals surface area (Å²) in [5.74, 6) is -0.687. The number of aliphatic carboxylic acids is 1. The normalized spacial score (nSPS) is 13.3. The van der Waals surface area contributed by atoms with E-state index in [0.717, 1.165) is 0 Å². The quantitative estimate of drug-likeness (QED) is 0.800. The fourth-order valence-corrected chi connectivity index (χ4v) is 1.97. The van der Waals surface area contributed by atoms with E-state index in [1.165, 1.54) is 4.90 Å². The molecular formula is C16H23NO4. The lowest BCUT2D eigenvalue weighted by Gasteiger charge is -2.30. The molecule has 0 aliphatic carbocycles. The third-order valence-corrected chi connectivity index (χ3v) is 3.38. The van der Waals surface area contributed by atoms with Crippen molar-refractivity contribution in [3.05, 3.63) is 30.3 Å². The molecule has 1 aromatic rings. The first-order valence-electron chi connectivity index (χ1n) is 7.23. The molecule has 0 aliphatic rings. The third kappa shape index (κ3) is 5.10. The summed E-state index contributed by atoms with van der Waals surface area (Å²) in [6.07, 6.45) is 0.516. The lowest BCUT2D eigenvalue weighted by molar-refractivity contribution is -0.149. The van der Waals surface area contributed by atoms with E-state index >= 15 is 0 Å². The molecule has 1 amide bonds. The summed E-state index contributed by atoms with van der Waals surface area (Å²) in [4.78, 5) is 24.9. The van der Waals surface area contributed by atoms with Gasteiger partial charge in [0.25, 0.3) is 5.91 Å². The van der Waals surface area contributed by atoms with Crippen molar-refractivity contribution in [2.45, 2.75) is 45.8 Å². The van der Waals surface area contributed by atoms with E-state index < -0.39 is 12.1 Å². The molecule has 2 unspecified atom stereocenters. The lowest BCUT2D eigenvalue weighted by atomic mass is 10.1. The van der Waals surface area contributed by atoms with E-state index in [4.69, 9.17) is 9.84 Å². The highest BCUT2D eigenvalue weighted by molar-refractivity contribution is 5.85. The third-order valence-electron chi connectivity index (χ3n) is 3.38. The average Bonchev–Trinajstić information content (AvgIpc) is 2.49. The Morgan fingerprint density at radius 3 is 2.29 bits per heavy atom. The van der Waals surface area contributed by atoms with Crippen LogP contribution in [0.1, 0.15) is 33.6 Å². The molecule has 21 heavy (non-hydrogen) atoms. The molecule has 0 spiro atoms. The summed E-state index contributed by atoms with van der Waals surface area (Å²) in [6.45, 7) is 5.31. The summed E-state index contributed by atoms with van der Waals surface area (Å²) in [5.41, 5.74) is 0. The molecule has 2 atom stereocenters. The number of hydrogen-bond acceptors (Lipinski definition) is 3. The van der Waals surface area contributed by atoms with Crippen molar-refractivity contribution in [2.24, 2.45) is 0 Å². The fourth-order valence-electron chi connectivity index (χ4n) is 1.97. The molecular weight excluding hydrogens is 270 g/mol. The highest BCUT2D eigenvalue weighted by Crippen LogP contribution is 2.16. The topological polar surface area (TPSA) is 66.8 Å². The van der Waals surface area contributed by atoms with E-state index in [1.54, 1.807) is 12.1 Å². The van der Waals surface area contributed by atoms with Gasteiger partial charge in [0.2, 0.25) is 0 Å². The Labute approximate surface area is 125 Å². The van der Waals surface area contributed by atoms with Gasteiger partial charge in [-0.2, -0.15) is 0 Å². The molecule has 0 saturated heterocycles. The van der Waals surface area contributed by atoms with Crippen molar-refractivity contribution >= 4 is 11.9 Å². The van der Waals surface area contributed by atoms with Crippen LogP contribution in [0.25, 0.3) is 0 Å². The van der Waals surface area contributed by atoms with Crippen LogP contribution in [0.2, 0.25) is 0 Å². The van der Waals surface area contributed by atoms with Crippen LogP contribution in [0.3, 0.4) is 0 Å². The zero-order chi connectivity index (χ0) is 15.8. The lowest BCUT2D eigenvalue weighted by Crippen LogP contribution is -2.48. The summed E-state index contributed by atoms with van der Waals surface area (Å²) in [6, 6.07) is 8.95. The van der Waals surface area contributed by atoms with Crippen molar-refractivity contribution in [3.63, 3.8) is 0 Å². The highest BCUT2D eigenvalue weighted by atomic mass is 16.5. The molecule has 0 aliphatic heterocycles. The molecule has 1 rings (SSSR count). The zero-order valence-electron chi connectivity index (χ0n) is 12.8. The van der Waals surface area contributed by atoms with Gasteiger partial charge in [-0.25, -0.2) is 0 Å². The minimum absolute atomic E-state index is 0.137. The molecule has 0 heterocycles. The predicted octanol–water partition coefficient (Wildman–Crippen LogP) is 2.56. The summed E-state index contributed by atoms with van der Waals surface area (Å²) >= 11 is 0. The fraction of sp³-hybridized carbons (Fsp3) is 0.500. The Bertz CT molecular complexity index is 461. The van der Waals surface area contributed by atoms with E-state index in [-0.39, 0.29) is 18.5 Å². The van der Waals surface area contributed by atoms with Gasteiger partial charge in [-0.05, 0) is 31.9 Å². The summed E-state index contributed by atoms with van der Waals surface area (Å²) < 4.78 is 5.70. The van der Waals surface area contributed by atoms with Gasteiger partial charge in [0.15, 0.2) is 6.10 Å². The molecule has 0 bridgehead atoms. The van der Waals surface area contributed by atoms with Crippen LogP contribution in [0.4, 0.5) is 0 Å². The van der Waals surface area contributed by atoms with Crippen LogP contribution in [-0.4, -0.2) is 40.6 Å². The maximum absolute atomic E-state index is 12.6. The van der Waals surface area contributed by atoms with Crippen LogP contribution in [0.15, 0.2) is 30.3 Å². The summed E-state index contributed by atoms with van der Waals surface area (Å²) in [5, 5.41) is 8.99.